The first-order chi connectivity index (χ1) is 18.8. The number of nitrogens with zero attached hydrogens (tertiary/aromatic N) is 1. The summed E-state index contributed by atoms with van der Waals surface area (Å²) < 4.78 is 5.53. The van der Waals surface area contributed by atoms with E-state index >= 15 is 0 Å². The van der Waals surface area contributed by atoms with E-state index in [1.807, 2.05) is 70.2 Å². The molecule has 0 heterocycles. The number of ether oxygens (including phenoxy) is 1. The summed E-state index contributed by atoms with van der Waals surface area (Å²) in [6.45, 7) is 15.7. The molecule has 0 radical (unpaired) electrons. The zero-order valence-electron chi connectivity index (χ0n) is 25.7. The lowest BCUT2D eigenvalue weighted by Gasteiger charge is -2.35. The number of unbranched alkanes of at least 4 members (excludes halogenated alkanes) is 3. The maximum Gasteiger partial charge on any atom is 0.408 e. The molecular weight excluding hydrogens is 502 g/mol. The summed E-state index contributed by atoms with van der Waals surface area (Å²) in [6, 6.07) is 13.7. The third-order valence-corrected chi connectivity index (χ3v) is 6.36. The Morgan fingerprint density at radius 3 is 2.08 bits per heavy atom. The number of rotatable bonds is 13. The largest absolute Gasteiger partial charge is 0.444 e. The van der Waals surface area contributed by atoms with Gasteiger partial charge in [0.25, 0.3) is 0 Å². The first kappa shape index (κ1) is 32.9. The number of alkyl carbamates (subject to hydrolysis) is 1. The number of aryl methyl sites for hydroxylation is 2. The minimum atomic E-state index is -0.913. The van der Waals surface area contributed by atoms with Crippen LogP contribution in [0.2, 0.25) is 0 Å². The lowest BCUT2D eigenvalue weighted by Crippen LogP contribution is -2.54. The highest BCUT2D eigenvalue weighted by molar-refractivity contribution is 5.92. The summed E-state index contributed by atoms with van der Waals surface area (Å²) in [6.07, 6.45) is 3.39. The molecule has 0 aliphatic heterocycles. The van der Waals surface area contributed by atoms with Crippen LogP contribution < -0.4 is 10.6 Å². The summed E-state index contributed by atoms with van der Waals surface area (Å²) in [4.78, 5) is 42.8. The van der Waals surface area contributed by atoms with Gasteiger partial charge in [-0.2, -0.15) is 0 Å². The molecule has 7 nitrogen and oxygen atoms in total. The Labute approximate surface area is 241 Å². The summed E-state index contributed by atoms with van der Waals surface area (Å²) >= 11 is 0. The van der Waals surface area contributed by atoms with Crippen molar-refractivity contribution in [1.82, 2.24) is 15.5 Å². The van der Waals surface area contributed by atoms with Gasteiger partial charge in [0.1, 0.15) is 17.7 Å². The van der Waals surface area contributed by atoms with Gasteiger partial charge in [0.15, 0.2) is 0 Å². The van der Waals surface area contributed by atoms with E-state index in [2.05, 4.69) is 23.6 Å². The number of carbonyl (C=O) groups excluding carboxylic acids is 3. The van der Waals surface area contributed by atoms with Gasteiger partial charge in [-0.3, -0.25) is 9.59 Å². The molecule has 0 bridgehead atoms. The molecule has 3 amide bonds. The summed E-state index contributed by atoms with van der Waals surface area (Å²) in [5.41, 5.74) is 2.97. The predicted octanol–water partition coefficient (Wildman–Crippen LogP) is 6.41. The van der Waals surface area contributed by atoms with E-state index in [4.69, 9.17) is 4.74 Å². The number of carbonyl (C=O) groups is 3. The number of benzene rings is 2. The van der Waals surface area contributed by atoms with Gasteiger partial charge in [-0.05, 0) is 66.0 Å². The van der Waals surface area contributed by atoms with E-state index in [9.17, 15) is 14.4 Å². The molecule has 0 fully saturated rings. The van der Waals surface area contributed by atoms with Crippen molar-refractivity contribution < 1.29 is 19.1 Å². The molecule has 7 heteroatoms. The fourth-order valence-electron chi connectivity index (χ4n) is 4.78. The van der Waals surface area contributed by atoms with E-state index in [0.29, 0.717) is 6.54 Å². The van der Waals surface area contributed by atoms with Crippen LogP contribution in [0.15, 0.2) is 48.5 Å². The predicted molar refractivity (Wildman–Crippen MR) is 161 cm³/mol. The van der Waals surface area contributed by atoms with Gasteiger partial charge in [0.05, 0.1) is 0 Å². The number of amides is 3. The molecule has 2 aromatic rings. The van der Waals surface area contributed by atoms with E-state index in [-0.39, 0.29) is 24.3 Å². The van der Waals surface area contributed by atoms with Gasteiger partial charge in [0.2, 0.25) is 11.8 Å². The van der Waals surface area contributed by atoms with Crippen LogP contribution in [-0.2, 0) is 20.7 Å². The van der Waals surface area contributed by atoms with Crippen molar-refractivity contribution in [3.63, 3.8) is 0 Å². The fraction of sp³-hybridized carbons (Fsp3) is 0.545. The molecule has 2 N–H and O–H groups in total. The van der Waals surface area contributed by atoms with Gasteiger partial charge in [-0.1, -0.05) is 85.8 Å². The molecular formula is C33H49N3O4. The SMILES string of the molecule is CCCCCCN(C(=O)C(Cc1ccccc1)NC(=O)OC(C)(C)C)C(C(=O)NC(C)C)c1cc(C)cc(C)c1. The van der Waals surface area contributed by atoms with Crippen LogP contribution in [0.25, 0.3) is 0 Å². The quantitative estimate of drug-likeness (QED) is 0.282. The van der Waals surface area contributed by atoms with Gasteiger partial charge >= 0.3 is 6.09 Å². The van der Waals surface area contributed by atoms with Crippen molar-refractivity contribution in [3.8, 4) is 0 Å². The molecule has 2 unspecified atom stereocenters. The fourth-order valence-corrected chi connectivity index (χ4v) is 4.78. The first-order valence-electron chi connectivity index (χ1n) is 14.5. The molecule has 220 valence electrons. The second kappa shape index (κ2) is 15.4. The third kappa shape index (κ3) is 11.0. The summed E-state index contributed by atoms with van der Waals surface area (Å²) in [7, 11) is 0. The zero-order chi connectivity index (χ0) is 29.9. The minimum Gasteiger partial charge on any atom is -0.444 e. The monoisotopic (exact) mass is 551 g/mol. The molecule has 0 aliphatic carbocycles. The summed E-state index contributed by atoms with van der Waals surface area (Å²) in [5.74, 6) is -0.547. The maximum absolute atomic E-state index is 14.5. The van der Waals surface area contributed by atoms with E-state index < -0.39 is 23.8 Å². The molecule has 0 aliphatic rings. The van der Waals surface area contributed by atoms with Crippen LogP contribution in [0.3, 0.4) is 0 Å². The molecule has 0 saturated heterocycles. The van der Waals surface area contributed by atoms with Crippen molar-refractivity contribution >= 4 is 17.9 Å². The molecule has 2 atom stereocenters. The number of hydrogen-bond donors (Lipinski definition) is 2. The second-order valence-corrected chi connectivity index (χ2v) is 12.0. The Morgan fingerprint density at radius 2 is 1.52 bits per heavy atom. The van der Waals surface area contributed by atoms with Crippen LogP contribution >= 0.6 is 0 Å². The van der Waals surface area contributed by atoms with E-state index in [1.165, 1.54) is 0 Å². The standard InChI is InChI=1S/C33H49N3O4/c1-9-10-11-15-18-36(29(30(37)34-23(2)3)27-20-24(4)19-25(5)21-27)31(38)28(22-26-16-13-12-14-17-26)35-32(39)40-33(6,7)8/h12-14,16-17,19-21,23,28-29H,9-11,15,18,22H2,1-8H3,(H,34,37)(H,35,39). The number of nitrogens with one attached hydrogen (secondary N) is 2. The zero-order valence-corrected chi connectivity index (χ0v) is 25.7. The van der Waals surface area contributed by atoms with Gasteiger partial charge in [0, 0.05) is 19.0 Å². The Bertz CT molecular complexity index is 1090. The molecule has 2 rings (SSSR count). The van der Waals surface area contributed by atoms with Crippen molar-refractivity contribution in [2.75, 3.05) is 6.54 Å². The normalized spacial score (nSPS) is 12.9. The third-order valence-electron chi connectivity index (χ3n) is 6.36. The van der Waals surface area contributed by atoms with E-state index in [0.717, 1.165) is 47.9 Å². The average molecular weight is 552 g/mol. The second-order valence-electron chi connectivity index (χ2n) is 12.0. The maximum atomic E-state index is 14.5. The van der Waals surface area contributed by atoms with Crippen LogP contribution in [-0.4, -0.2) is 47.0 Å². The smallest absolute Gasteiger partial charge is 0.408 e. The lowest BCUT2D eigenvalue weighted by atomic mass is 9.97. The minimum absolute atomic E-state index is 0.0991. The highest BCUT2D eigenvalue weighted by Crippen LogP contribution is 2.26. The number of hydrogen-bond acceptors (Lipinski definition) is 4. The first-order valence-corrected chi connectivity index (χ1v) is 14.5. The van der Waals surface area contributed by atoms with E-state index in [1.54, 1.807) is 25.7 Å². The van der Waals surface area contributed by atoms with Crippen LogP contribution in [0.1, 0.15) is 95.5 Å². The van der Waals surface area contributed by atoms with Crippen molar-refractivity contribution in [2.45, 2.75) is 111 Å². The van der Waals surface area contributed by atoms with Crippen LogP contribution in [0.5, 0.6) is 0 Å². The Hall–Kier alpha value is -3.35. The highest BCUT2D eigenvalue weighted by Gasteiger charge is 2.36. The Morgan fingerprint density at radius 1 is 0.900 bits per heavy atom. The average Bonchev–Trinajstić information content (AvgIpc) is 2.83. The molecule has 40 heavy (non-hydrogen) atoms. The lowest BCUT2D eigenvalue weighted by molar-refractivity contribution is -0.142. The van der Waals surface area contributed by atoms with Crippen LogP contribution in [0, 0.1) is 13.8 Å². The van der Waals surface area contributed by atoms with Crippen molar-refractivity contribution in [3.05, 3.63) is 70.8 Å². The highest BCUT2D eigenvalue weighted by atomic mass is 16.6. The topological polar surface area (TPSA) is 87.7 Å². The Balaban J connectivity index is 2.58. The Kier molecular flexibility index (Phi) is 12.7. The summed E-state index contributed by atoms with van der Waals surface area (Å²) in [5, 5.41) is 5.86. The molecule has 0 aromatic heterocycles. The molecule has 0 spiro atoms. The van der Waals surface area contributed by atoms with Gasteiger partial charge in [-0.25, -0.2) is 4.79 Å². The van der Waals surface area contributed by atoms with Gasteiger partial charge in [-0.15, -0.1) is 0 Å². The van der Waals surface area contributed by atoms with Gasteiger partial charge < -0.3 is 20.3 Å². The molecule has 2 aromatic carbocycles. The van der Waals surface area contributed by atoms with Crippen molar-refractivity contribution in [2.24, 2.45) is 0 Å². The van der Waals surface area contributed by atoms with Crippen LogP contribution in [0.4, 0.5) is 4.79 Å². The molecule has 0 saturated carbocycles. The van der Waals surface area contributed by atoms with Crippen molar-refractivity contribution in [1.29, 1.82) is 0 Å².